The standard InChI is InChI=1S/C14H15F3O4/c1-13(2,12(18)19)7-8-9(14(15,16)17)3-4-10-11(8)21-6-5-20-10/h3-4H,5-7H2,1-2H3,(H,18,19). The van der Waals surface area contributed by atoms with Crippen molar-refractivity contribution in [1.82, 2.24) is 0 Å². The summed E-state index contributed by atoms with van der Waals surface area (Å²) in [4.78, 5) is 11.2. The lowest BCUT2D eigenvalue weighted by molar-refractivity contribution is -0.148. The van der Waals surface area contributed by atoms with Gasteiger partial charge in [-0.05, 0) is 32.4 Å². The molecule has 21 heavy (non-hydrogen) atoms. The first-order chi connectivity index (χ1) is 9.63. The first kappa shape index (κ1) is 15.5. The number of benzene rings is 1. The molecule has 7 heteroatoms. The summed E-state index contributed by atoms with van der Waals surface area (Å²) in [5.41, 5.74) is -2.41. The second-order valence-corrected chi connectivity index (χ2v) is 5.48. The van der Waals surface area contributed by atoms with Crippen LogP contribution in [0.4, 0.5) is 13.2 Å². The Hall–Kier alpha value is -1.92. The predicted octanol–water partition coefficient (Wildman–Crippen LogP) is 3.13. The van der Waals surface area contributed by atoms with Crippen LogP contribution in [0.2, 0.25) is 0 Å². The predicted molar refractivity (Wildman–Crippen MR) is 67.6 cm³/mol. The Morgan fingerprint density at radius 2 is 1.86 bits per heavy atom. The second kappa shape index (κ2) is 5.13. The number of ether oxygens (including phenoxy) is 2. The van der Waals surface area contributed by atoms with Crippen LogP contribution >= 0.6 is 0 Å². The number of halogens is 3. The highest BCUT2D eigenvalue weighted by molar-refractivity contribution is 5.74. The first-order valence-corrected chi connectivity index (χ1v) is 6.35. The zero-order valence-electron chi connectivity index (χ0n) is 11.6. The summed E-state index contributed by atoms with van der Waals surface area (Å²) in [6.07, 6.45) is -4.89. The summed E-state index contributed by atoms with van der Waals surface area (Å²) in [6, 6.07) is 2.11. The van der Waals surface area contributed by atoms with Crippen LogP contribution in [0.25, 0.3) is 0 Å². The molecule has 0 fully saturated rings. The highest BCUT2D eigenvalue weighted by Crippen LogP contribution is 2.44. The molecule has 0 bridgehead atoms. The quantitative estimate of drug-likeness (QED) is 0.932. The molecule has 4 nitrogen and oxygen atoms in total. The van der Waals surface area contributed by atoms with Gasteiger partial charge < -0.3 is 14.6 Å². The molecular formula is C14H15F3O4. The van der Waals surface area contributed by atoms with Crippen LogP contribution in [0.15, 0.2) is 12.1 Å². The van der Waals surface area contributed by atoms with Gasteiger partial charge in [0.1, 0.15) is 13.2 Å². The monoisotopic (exact) mass is 304 g/mol. The average molecular weight is 304 g/mol. The van der Waals surface area contributed by atoms with E-state index in [1.807, 2.05) is 0 Å². The minimum Gasteiger partial charge on any atom is -0.486 e. The topological polar surface area (TPSA) is 55.8 Å². The van der Waals surface area contributed by atoms with Crippen molar-refractivity contribution in [3.05, 3.63) is 23.3 Å². The molecule has 116 valence electrons. The van der Waals surface area contributed by atoms with Crippen LogP contribution < -0.4 is 9.47 Å². The fourth-order valence-corrected chi connectivity index (χ4v) is 2.13. The highest BCUT2D eigenvalue weighted by atomic mass is 19.4. The van der Waals surface area contributed by atoms with Crippen LogP contribution in [0.3, 0.4) is 0 Å². The van der Waals surface area contributed by atoms with Gasteiger partial charge in [0.2, 0.25) is 0 Å². The molecule has 1 aromatic rings. The third kappa shape index (κ3) is 3.06. The second-order valence-electron chi connectivity index (χ2n) is 5.48. The van der Waals surface area contributed by atoms with Crippen LogP contribution in [-0.4, -0.2) is 24.3 Å². The fraction of sp³-hybridized carbons (Fsp3) is 0.500. The zero-order chi connectivity index (χ0) is 15.8. The molecular weight excluding hydrogens is 289 g/mol. The number of aliphatic carboxylic acids is 1. The summed E-state index contributed by atoms with van der Waals surface area (Å²) < 4.78 is 50.0. The lowest BCUT2D eigenvalue weighted by Gasteiger charge is -2.27. The smallest absolute Gasteiger partial charge is 0.416 e. The van der Waals surface area contributed by atoms with Crippen molar-refractivity contribution in [1.29, 1.82) is 0 Å². The Kier molecular flexibility index (Phi) is 3.78. The molecule has 1 aromatic carbocycles. The molecule has 0 saturated heterocycles. The number of hydrogen-bond acceptors (Lipinski definition) is 3. The highest BCUT2D eigenvalue weighted by Gasteiger charge is 2.39. The van der Waals surface area contributed by atoms with Gasteiger partial charge in [-0.2, -0.15) is 13.2 Å². The Labute approximate surface area is 119 Å². The van der Waals surface area contributed by atoms with E-state index >= 15 is 0 Å². The summed E-state index contributed by atoms with van der Waals surface area (Å²) >= 11 is 0. The van der Waals surface area contributed by atoms with Gasteiger partial charge in [-0.3, -0.25) is 4.79 Å². The van der Waals surface area contributed by atoms with E-state index in [-0.39, 0.29) is 36.7 Å². The average Bonchev–Trinajstić information content (AvgIpc) is 2.37. The third-order valence-electron chi connectivity index (χ3n) is 3.31. The van der Waals surface area contributed by atoms with E-state index in [1.165, 1.54) is 19.9 Å². The van der Waals surface area contributed by atoms with Crippen molar-refractivity contribution in [3.63, 3.8) is 0 Å². The van der Waals surface area contributed by atoms with Gasteiger partial charge in [0.15, 0.2) is 11.5 Å². The fourth-order valence-electron chi connectivity index (χ4n) is 2.13. The van der Waals surface area contributed by atoms with Crippen LogP contribution in [-0.2, 0) is 17.4 Å². The molecule has 1 aliphatic heterocycles. The maximum Gasteiger partial charge on any atom is 0.416 e. The van der Waals surface area contributed by atoms with E-state index in [2.05, 4.69) is 0 Å². The number of carbonyl (C=O) groups is 1. The van der Waals surface area contributed by atoms with Crippen molar-refractivity contribution >= 4 is 5.97 Å². The van der Waals surface area contributed by atoms with Gasteiger partial charge in [0.25, 0.3) is 0 Å². The van der Waals surface area contributed by atoms with Crippen molar-refractivity contribution in [3.8, 4) is 11.5 Å². The number of alkyl halides is 3. The van der Waals surface area contributed by atoms with Crippen molar-refractivity contribution in [2.75, 3.05) is 13.2 Å². The number of fused-ring (bicyclic) bond motifs is 1. The van der Waals surface area contributed by atoms with Crippen molar-refractivity contribution < 1.29 is 32.5 Å². The van der Waals surface area contributed by atoms with Crippen molar-refractivity contribution in [2.24, 2.45) is 5.41 Å². The Bertz CT molecular complexity index is 564. The Morgan fingerprint density at radius 3 is 2.43 bits per heavy atom. The molecule has 0 aliphatic carbocycles. The van der Waals surface area contributed by atoms with Crippen molar-refractivity contribution in [2.45, 2.75) is 26.4 Å². The molecule has 0 aromatic heterocycles. The maximum absolute atomic E-state index is 13.2. The van der Waals surface area contributed by atoms with Crippen LogP contribution in [0, 0.1) is 5.41 Å². The number of carboxylic acid groups (broad SMARTS) is 1. The van der Waals surface area contributed by atoms with Gasteiger partial charge in [-0.25, -0.2) is 0 Å². The summed E-state index contributed by atoms with van der Waals surface area (Å²) in [6.45, 7) is 3.13. The summed E-state index contributed by atoms with van der Waals surface area (Å²) in [7, 11) is 0. The van der Waals surface area contributed by atoms with E-state index < -0.39 is 23.1 Å². The van der Waals surface area contributed by atoms with Gasteiger partial charge in [0, 0.05) is 5.56 Å². The van der Waals surface area contributed by atoms with E-state index in [9.17, 15) is 18.0 Å². The van der Waals surface area contributed by atoms with E-state index in [0.717, 1.165) is 6.07 Å². The molecule has 0 unspecified atom stereocenters. The number of rotatable bonds is 3. The molecule has 0 saturated carbocycles. The van der Waals surface area contributed by atoms with Gasteiger partial charge >= 0.3 is 12.1 Å². The summed E-state index contributed by atoms with van der Waals surface area (Å²) in [5.74, 6) is -0.971. The van der Waals surface area contributed by atoms with Gasteiger partial charge in [-0.15, -0.1) is 0 Å². The molecule has 0 amide bonds. The molecule has 1 aliphatic rings. The molecule has 1 N–H and O–H groups in total. The molecule has 0 radical (unpaired) electrons. The minimum absolute atomic E-state index is 0.00889. The Morgan fingerprint density at radius 1 is 1.24 bits per heavy atom. The summed E-state index contributed by atoms with van der Waals surface area (Å²) in [5, 5.41) is 9.15. The molecule has 2 rings (SSSR count). The molecule has 0 atom stereocenters. The molecule has 1 heterocycles. The normalized spacial score (nSPS) is 14.9. The Balaban J connectivity index is 2.57. The van der Waals surface area contributed by atoms with Gasteiger partial charge in [0.05, 0.1) is 11.0 Å². The van der Waals surface area contributed by atoms with Gasteiger partial charge in [-0.1, -0.05) is 0 Å². The van der Waals surface area contributed by atoms with E-state index in [0.29, 0.717) is 0 Å². The number of carboxylic acids is 1. The molecule has 0 spiro atoms. The van der Waals surface area contributed by atoms with E-state index in [4.69, 9.17) is 14.6 Å². The minimum atomic E-state index is -4.58. The van der Waals surface area contributed by atoms with E-state index in [1.54, 1.807) is 0 Å². The third-order valence-corrected chi connectivity index (χ3v) is 3.31. The largest absolute Gasteiger partial charge is 0.486 e. The van der Waals surface area contributed by atoms with Crippen LogP contribution in [0.1, 0.15) is 25.0 Å². The lowest BCUT2D eigenvalue weighted by Crippen LogP contribution is -2.29. The van der Waals surface area contributed by atoms with Crippen LogP contribution in [0.5, 0.6) is 11.5 Å². The lowest BCUT2D eigenvalue weighted by atomic mass is 9.83. The number of hydrogen-bond donors (Lipinski definition) is 1. The SMILES string of the molecule is CC(C)(Cc1c(C(F)(F)F)ccc2c1OCCO2)C(=O)O. The first-order valence-electron chi connectivity index (χ1n) is 6.35. The zero-order valence-corrected chi connectivity index (χ0v) is 11.6. The maximum atomic E-state index is 13.2.